The highest BCUT2D eigenvalue weighted by Gasteiger charge is 2.02. The summed E-state index contributed by atoms with van der Waals surface area (Å²) in [6, 6.07) is 0. The summed E-state index contributed by atoms with van der Waals surface area (Å²) in [4.78, 5) is 11.6. The van der Waals surface area contributed by atoms with Gasteiger partial charge in [0.25, 0.3) is 0 Å². The molecule has 0 aliphatic rings. The molecule has 0 aliphatic carbocycles. The Hall–Kier alpha value is -0.960. The zero-order chi connectivity index (χ0) is 29.7. The van der Waals surface area contributed by atoms with Gasteiger partial charge in [-0.2, -0.15) is 0 Å². The third-order valence-corrected chi connectivity index (χ3v) is 5.42. The minimum atomic E-state index is -0.475. The molecule has 0 aromatic rings. The van der Waals surface area contributed by atoms with Gasteiger partial charge in [-0.15, -0.1) is 0 Å². The molecule has 0 aromatic heterocycles. The summed E-state index contributed by atoms with van der Waals surface area (Å²) in [6.07, 6.45) is 7.41. The predicted molar refractivity (Wildman–Crippen MR) is 152 cm³/mol. The van der Waals surface area contributed by atoms with Crippen molar-refractivity contribution >= 4 is 5.97 Å². The Morgan fingerprint density at radius 1 is 0.415 bits per heavy atom. The van der Waals surface area contributed by atoms with Gasteiger partial charge in [0, 0.05) is 6.42 Å². The highest BCUT2D eigenvalue weighted by atomic mass is 19.1. The van der Waals surface area contributed by atoms with Crippen molar-refractivity contribution in [2.45, 2.75) is 51.9 Å². The lowest BCUT2D eigenvalue weighted by Crippen LogP contribution is -2.15. The quantitative estimate of drug-likeness (QED) is 0.0780. The maximum absolute atomic E-state index is 11.8. The van der Waals surface area contributed by atoms with Crippen molar-refractivity contribution in [3.63, 3.8) is 0 Å². The molecule has 0 amide bonds. The molecule has 0 unspecified atom stereocenters. The number of carbonyl (C=O) groups excluding carboxylic acids is 1. The van der Waals surface area contributed by atoms with Gasteiger partial charge >= 0.3 is 5.97 Å². The number of alkyl halides is 1. The Balaban J connectivity index is 3.09. The summed E-state index contributed by atoms with van der Waals surface area (Å²) < 4.78 is 65.2. The largest absolute Gasteiger partial charge is 0.463 e. The smallest absolute Gasteiger partial charge is 0.305 e. The minimum Gasteiger partial charge on any atom is -0.463 e. The Bertz CT molecular complexity index is 503. The van der Waals surface area contributed by atoms with Gasteiger partial charge in [-0.3, -0.25) is 4.79 Å². The summed E-state index contributed by atoms with van der Waals surface area (Å²) in [5.41, 5.74) is 0. The zero-order valence-electron chi connectivity index (χ0n) is 25.5. The average Bonchev–Trinajstić information content (AvgIpc) is 2.98. The standard InChI is InChI=1S/C29H57FO11/c1-2-3-4-5-6-7-8-29(31)41-28-27-40-26-25-39-24-23-38-22-21-37-20-19-36-18-17-35-16-15-34-14-13-33-12-11-32-10-9-30/h2-28H2,1H3. The van der Waals surface area contributed by atoms with Crippen LogP contribution in [-0.2, 0) is 52.2 Å². The van der Waals surface area contributed by atoms with Crippen LogP contribution in [0.5, 0.6) is 0 Å². The van der Waals surface area contributed by atoms with E-state index < -0.39 is 6.67 Å². The minimum absolute atomic E-state index is 0.113. The van der Waals surface area contributed by atoms with E-state index in [0.717, 1.165) is 12.8 Å². The van der Waals surface area contributed by atoms with Crippen LogP contribution in [0.15, 0.2) is 0 Å². The molecule has 41 heavy (non-hydrogen) atoms. The van der Waals surface area contributed by atoms with E-state index in [4.69, 9.17) is 47.4 Å². The molecule has 0 bridgehead atoms. The number of hydrogen-bond acceptors (Lipinski definition) is 11. The van der Waals surface area contributed by atoms with E-state index in [0.29, 0.717) is 119 Å². The summed E-state index contributed by atoms with van der Waals surface area (Å²) >= 11 is 0. The fourth-order valence-electron chi connectivity index (χ4n) is 3.25. The molecule has 0 aromatic carbocycles. The Labute approximate surface area is 246 Å². The topological polar surface area (TPSA) is 109 Å². The second-order valence-corrected chi connectivity index (χ2v) is 8.94. The van der Waals surface area contributed by atoms with Crippen LogP contribution >= 0.6 is 0 Å². The molecule has 0 fully saturated rings. The first-order valence-electron chi connectivity index (χ1n) is 15.2. The normalized spacial score (nSPS) is 11.4. The van der Waals surface area contributed by atoms with Crippen LogP contribution in [0.2, 0.25) is 0 Å². The van der Waals surface area contributed by atoms with Gasteiger partial charge < -0.3 is 47.4 Å². The summed E-state index contributed by atoms with van der Waals surface area (Å²) in [5.74, 6) is -0.146. The molecule has 246 valence electrons. The van der Waals surface area contributed by atoms with E-state index in [1.807, 2.05) is 0 Å². The van der Waals surface area contributed by atoms with Crippen molar-refractivity contribution in [3.8, 4) is 0 Å². The second kappa shape index (κ2) is 37.1. The van der Waals surface area contributed by atoms with Crippen LogP contribution in [0.3, 0.4) is 0 Å². The van der Waals surface area contributed by atoms with Crippen LogP contribution in [-0.4, -0.2) is 138 Å². The van der Waals surface area contributed by atoms with Gasteiger partial charge in [0.1, 0.15) is 13.3 Å². The number of carbonyl (C=O) groups is 1. The van der Waals surface area contributed by atoms with Gasteiger partial charge in [-0.1, -0.05) is 39.0 Å². The highest BCUT2D eigenvalue weighted by Crippen LogP contribution is 2.07. The number of hydrogen-bond donors (Lipinski definition) is 0. The highest BCUT2D eigenvalue weighted by molar-refractivity contribution is 5.69. The molecule has 11 nitrogen and oxygen atoms in total. The lowest BCUT2D eigenvalue weighted by molar-refractivity contribution is -0.145. The Morgan fingerprint density at radius 2 is 0.707 bits per heavy atom. The monoisotopic (exact) mass is 600 g/mol. The molecule has 0 atom stereocenters. The number of esters is 1. The van der Waals surface area contributed by atoms with Crippen LogP contribution in [0.1, 0.15) is 51.9 Å². The van der Waals surface area contributed by atoms with Crippen LogP contribution in [0.25, 0.3) is 0 Å². The van der Waals surface area contributed by atoms with Crippen molar-refractivity contribution in [1.82, 2.24) is 0 Å². The SMILES string of the molecule is CCCCCCCCC(=O)OCCOCCOCCOCCOCCOCCOCCOCCOCCOCCF. The molecule has 12 heteroatoms. The fraction of sp³-hybridized carbons (Fsp3) is 0.966. The molecule has 0 N–H and O–H groups in total. The second-order valence-electron chi connectivity index (χ2n) is 8.94. The Kier molecular flexibility index (Phi) is 36.2. The van der Waals surface area contributed by atoms with E-state index in [1.54, 1.807) is 0 Å². The lowest BCUT2D eigenvalue weighted by Gasteiger charge is -2.09. The number of unbranched alkanes of at least 4 members (excludes halogenated alkanes) is 5. The van der Waals surface area contributed by atoms with Gasteiger partial charge in [-0.25, -0.2) is 4.39 Å². The van der Waals surface area contributed by atoms with E-state index >= 15 is 0 Å². The molecular weight excluding hydrogens is 543 g/mol. The number of halogens is 1. The molecule has 0 aliphatic heterocycles. The fourth-order valence-corrected chi connectivity index (χ4v) is 3.25. The van der Waals surface area contributed by atoms with Gasteiger partial charge in [-0.05, 0) is 6.42 Å². The number of rotatable bonds is 36. The maximum atomic E-state index is 11.8. The molecule has 0 rings (SSSR count). The van der Waals surface area contributed by atoms with Crippen molar-refractivity contribution in [2.75, 3.05) is 132 Å². The predicted octanol–water partition coefficient (Wildman–Crippen LogP) is 3.40. The van der Waals surface area contributed by atoms with Crippen LogP contribution < -0.4 is 0 Å². The van der Waals surface area contributed by atoms with Gasteiger partial charge in [0.15, 0.2) is 0 Å². The third kappa shape index (κ3) is 37.0. The molecule has 0 spiro atoms. The van der Waals surface area contributed by atoms with E-state index in [1.165, 1.54) is 25.7 Å². The average molecular weight is 601 g/mol. The third-order valence-electron chi connectivity index (χ3n) is 5.42. The first-order chi connectivity index (χ1) is 20.3. The van der Waals surface area contributed by atoms with Crippen molar-refractivity contribution in [2.24, 2.45) is 0 Å². The van der Waals surface area contributed by atoms with Crippen LogP contribution in [0.4, 0.5) is 4.39 Å². The Morgan fingerprint density at radius 3 is 1.05 bits per heavy atom. The van der Waals surface area contributed by atoms with E-state index in [2.05, 4.69) is 6.92 Å². The molecular formula is C29H57FO11. The first-order valence-corrected chi connectivity index (χ1v) is 15.2. The zero-order valence-corrected chi connectivity index (χ0v) is 25.5. The summed E-state index contributed by atoms with van der Waals surface area (Å²) in [6.45, 7) is 10.1. The summed E-state index contributed by atoms with van der Waals surface area (Å²) in [5, 5.41) is 0. The van der Waals surface area contributed by atoms with Crippen molar-refractivity contribution in [1.29, 1.82) is 0 Å². The summed E-state index contributed by atoms with van der Waals surface area (Å²) in [7, 11) is 0. The van der Waals surface area contributed by atoms with Crippen molar-refractivity contribution < 1.29 is 56.6 Å². The molecule has 0 saturated heterocycles. The van der Waals surface area contributed by atoms with Gasteiger partial charge in [0.05, 0.1) is 119 Å². The molecule has 0 saturated carbocycles. The molecule has 0 heterocycles. The van der Waals surface area contributed by atoms with Gasteiger partial charge in [0.2, 0.25) is 0 Å². The van der Waals surface area contributed by atoms with Crippen LogP contribution in [0, 0.1) is 0 Å². The van der Waals surface area contributed by atoms with Crippen molar-refractivity contribution in [3.05, 3.63) is 0 Å². The van der Waals surface area contributed by atoms with E-state index in [-0.39, 0.29) is 19.2 Å². The lowest BCUT2D eigenvalue weighted by atomic mass is 10.1. The molecule has 0 radical (unpaired) electrons. The first kappa shape index (κ1) is 40.0. The maximum Gasteiger partial charge on any atom is 0.305 e. The number of ether oxygens (including phenoxy) is 10. The van der Waals surface area contributed by atoms with E-state index in [9.17, 15) is 9.18 Å².